The van der Waals surface area contributed by atoms with Crippen LogP contribution in [0.5, 0.6) is 0 Å². The Labute approximate surface area is 142 Å². The number of alkyl halides is 3. The molecule has 1 aliphatic rings. The number of aromatic nitrogens is 1. The molecule has 2 rings (SSSR count). The van der Waals surface area contributed by atoms with Crippen molar-refractivity contribution >= 4 is 29.1 Å². The molecule has 0 amide bonds. The Hall–Kier alpha value is -0.960. The van der Waals surface area contributed by atoms with Crippen molar-refractivity contribution in [3.63, 3.8) is 0 Å². The van der Waals surface area contributed by atoms with E-state index in [-0.39, 0.29) is 11.3 Å². The van der Waals surface area contributed by atoms with Crippen LogP contribution in [-0.4, -0.2) is 34.5 Å². The van der Waals surface area contributed by atoms with Gasteiger partial charge in [-0.2, -0.15) is 24.9 Å². The van der Waals surface area contributed by atoms with E-state index in [1.807, 2.05) is 18.7 Å². The molecule has 9 heteroatoms. The van der Waals surface area contributed by atoms with E-state index in [4.69, 9.17) is 0 Å². The highest BCUT2D eigenvalue weighted by Crippen LogP contribution is 2.36. The average Bonchev–Trinajstić information content (AvgIpc) is 3.11. The third-order valence-electron chi connectivity index (χ3n) is 3.49. The van der Waals surface area contributed by atoms with Crippen LogP contribution in [0, 0.1) is 0 Å². The first-order valence-electron chi connectivity index (χ1n) is 7.50. The summed E-state index contributed by atoms with van der Waals surface area (Å²) < 4.78 is 37.8. The number of thiazole rings is 1. The van der Waals surface area contributed by atoms with Gasteiger partial charge in [0.15, 0.2) is 11.7 Å². The molecule has 1 atom stereocenters. The van der Waals surface area contributed by atoms with E-state index in [0.717, 1.165) is 29.7 Å². The highest BCUT2D eigenvalue weighted by Gasteiger charge is 2.33. The van der Waals surface area contributed by atoms with E-state index in [2.05, 4.69) is 27.5 Å². The molecule has 0 aromatic carbocycles. The van der Waals surface area contributed by atoms with Crippen LogP contribution >= 0.6 is 23.1 Å². The molecule has 130 valence electrons. The molecule has 2 heterocycles. The first-order valence-corrected chi connectivity index (χ1v) is 9.37. The van der Waals surface area contributed by atoms with Crippen molar-refractivity contribution in [1.82, 2.24) is 15.6 Å². The number of halogens is 3. The summed E-state index contributed by atoms with van der Waals surface area (Å²) in [7, 11) is 0. The first kappa shape index (κ1) is 18.4. The van der Waals surface area contributed by atoms with E-state index in [1.165, 1.54) is 12.2 Å². The maximum Gasteiger partial charge on any atom is 0.434 e. The van der Waals surface area contributed by atoms with Gasteiger partial charge in [0.2, 0.25) is 0 Å². The molecule has 1 aliphatic heterocycles. The number of rotatable bonds is 5. The lowest BCUT2D eigenvalue weighted by Crippen LogP contribution is -2.43. The second-order valence-electron chi connectivity index (χ2n) is 5.57. The highest BCUT2D eigenvalue weighted by molar-refractivity contribution is 8.00. The van der Waals surface area contributed by atoms with Crippen LogP contribution in [0.2, 0.25) is 0 Å². The van der Waals surface area contributed by atoms with Gasteiger partial charge in [-0.25, -0.2) is 9.98 Å². The van der Waals surface area contributed by atoms with E-state index in [9.17, 15) is 13.2 Å². The molecule has 1 saturated heterocycles. The first-order chi connectivity index (χ1) is 10.8. The SMILES string of the molecule is CCNC(=NCc1nc(C(F)(F)F)cs1)NCC1(C)CCCS1. The van der Waals surface area contributed by atoms with Gasteiger partial charge in [0.25, 0.3) is 0 Å². The molecule has 0 bridgehead atoms. The summed E-state index contributed by atoms with van der Waals surface area (Å²) in [5.41, 5.74) is -0.847. The average molecular weight is 366 g/mol. The lowest BCUT2D eigenvalue weighted by Gasteiger charge is -2.24. The van der Waals surface area contributed by atoms with Gasteiger partial charge in [-0.15, -0.1) is 11.3 Å². The molecule has 1 aromatic rings. The van der Waals surface area contributed by atoms with Gasteiger partial charge >= 0.3 is 6.18 Å². The Morgan fingerprint density at radius 2 is 2.22 bits per heavy atom. The fourth-order valence-electron chi connectivity index (χ4n) is 2.25. The molecule has 2 N–H and O–H groups in total. The third kappa shape index (κ3) is 5.56. The van der Waals surface area contributed by atoms with Crippen LogP contribution in [-0.2, 0) is 12.7 Å². The fourth-order valence-corrected chi connectivity index (χ4v) is 4.22. The Bertz CT molecular complexity index is 536. The quantitative estimate of drug-likeness (QED) is 0.619. The van der Waals surface area contributed by atoms with Crippen molar-refractivity contribution in [2.75, 3.05) is 18.8 Å². The minimum absolute atomic E-state index is 0.139. The zero-order chi connectivity index (χ0) is 16.9. The largest absolute Gasteiger partial charge is 0.434 e. The van der Waals surface area contributed by atoms with Crippen LogP contribution in [0.15, 0.2) is 10.4 Å². The molecule has 1 unspecified atom stereocenters. The van der Waals surface area contributed by atoms with Crippen molar-refractivity contribution in [2.24, 2.45) is 4.99 Å². The summed E-state index contributed by atoms with van der Waals surface area (Å²) in [5, 5.41) is 7.78. The Morgan fingerprint density at radius 1 is 1.43 bits per heavy atom. The van der Waals surface area contributed by atoms with E-state index < -0.39 is 11.9 Å². The van der Waals surface area contributed by atoms with E-state index in [1.54, 1.807) is 0 Å². The van der Waals surface area contributed by atoms with E-state index in [0.29, 0.717) is 17.5 Å². The van der Waals surface area contributed by atoms with Gasteiger partial charge in [0.1, 0.15) is 5.01 Å². The van der Waals surface area contributed by atoms with Crippen LogP contribution in [0.1, 0.15) is 37.4 Å². The van der Waals surface area contributed by atoms with E-state index >= 15 is 0 Å². The second-order valence-corrected chi connectivity index (χ2v) is 8.20. The van der Waals surface area contributed by atoms with Crippen LogP contribution < -0.4 is 10.6 Å². The zero-order valence-electron chi connectivity index (χ0n) is 13.2. The Balaban J connectivity index is 1.94. The summed E-state index contributed by atoms with van der Waals surface area (Å²) >= 11 is 2.93. The van der Waals surface area contributed by atoms with Gasteiger partial charge in [-0.3, -0.25) is 0 Å². The summed E-state index contributed by atoms with van der Waals surface area (Å²) in [5.74, 6) is 1.79. The van der Waals surface area contributed by atoms with Crippen molar-refractivity contribution in [3.05, 3.63) is 16.1 Å². The minimum atomic E-state index is -4.39. The number of thioether (sulfide) groups is 1. The third-order valence-corrected chi connectivity index (χ3v) is 5.86. The smallest absolute Gasteiger partial charge is 0.357 e. The van der Waals surface area contributed by atoms with Crippen LogP contribution in [0.3, 0.4) is 0 Å². The molecular formula is C14H21F3N4S2. The minimum Gasteiger partial charge on any atom is -0.357 e. The molecule has 0 saturated carbocycles. The number of hydrogen-bond acceptors (Lipinski definition) is 4. The predicted octanol–water partition coefficient (Wildman–Crippen LogP) is 3.50. The van der Waals surface area contributed by atoms with Crippen LogP contribution in [0.25, 0.3) is 0 Å². The van der Waals surface area contributed by atoms with Gasteiger partial charge < -0.3 is 10.6 Å². The number of guanidine groups is 1. The highest BCUT2D eigenvalue weighted by atomic mass is 32.2. The topological polar surface area (TPSA) is 49.3 Å². The normalized spacial score (nSPS) is 22.4. The molecule has 4 nitrogen and oxygen atoms in total. The summed E-state index contributed by atoms with van der Waals surface area (Å²) in [6.45, 7) is 5.79. The molecule has 23 heavy (non-hydrogen) atoms. The number of nitrogens with zero attached hydrogens (tertiary/aromatic N) is 2. The maximum atomic E-state index is 12.5. The molecule has 0 radical (unpaired) electrons. The summed E-state index contributed by atoms with van der Waals surface area (Å²) in [6.07, 6.45) is -2.02. The second kappa shape index (κ2) is 7.74. The molecular weight excluding hydrogens is 345 g/mol. The van der Waals surface area contributed by atoms with Crippen molar-refractivity contribution in [1.29, 1.82) is 0 Å². The Kier molecular flexibility index (Phi) is 6.19. The van der Waals surface area contributed by atoms with Crippen LogP contribution in [0.4, 0.5) is 13.2 Å². The molecule has 1 fully saturated rings. The lowest BCUT2D eigenvalue weighted by molar-refractivity contribution is -0.140. The zero-order valence-corrected chi connectivity index (χ0v) is 14.8. The number of hydrogen-bond donors (Lipinski definition) is 2. The van der Waals surface area contributed by atoms with Crippen molar-refractivity contribution in [3.8, 4) is 0 Å². The predicted molar refractivity (Wildman–Crippen MR) is 90.0 cm³/mol. The monoisotopic (exact) mass is 366 g/mol. The molecule has 0 spiro atoms. The summed E-state index contributed by atoms with van der Waals surface area (Å²) in [4.78, 5) is 7.93. The standard InChI is InChI=1S/C14H21F3N4S2/c1-3-18-12(20-9-13(2)5-4-6-23-13)19-7-11-21-10(8-22-11)14(15,16)17/h8H,3-7,9H2,1-2H3,(H2,18,19,20). The van der Waals surface area contributed by atoms with Gasteiger partial charge in [0.05, 0.1) is 6.54 Å². The van der Waals surface area contributed by atoms with Crippen molar-refractivity contribution < 1.29 is 13.2 Å². The molecule has 0 aliphatic carbocycles. The number of nitrogens with one attached hydrogen (secondary N) is 2. The Morgan fingerprint density at radius 3 is 2.78 bits per heavy atom. The van der Waals surface area contributed by atoms with Gasteiger partial charge in [-0.05, 0) is 32.4 Å². The van der Waals surface area contributed by atoms with Gasteiger partial charge in [0, 0.05) is 23.2 Å². The fraction of sp³-hybridized carbons (Fsp3) is 0.714. The van der Waals surface area contributed by atoms with Gasteiger partial charge in [-0.1, -0.05) is 0 Å². The summed E-state index contributed by atoms with van der Waals surface area (Å²) in [6, 6.07) is 0. The lowest BCUT2D eigenvalue weighted by atomic mass is 10.1. The van der Waals surface area contributed by atoms with Crippen molar-refractivity contribution in [2.45, 2.75) is 44.2 Å². The molecule has 1 aromatic heterocycles. The maximum absolute atomic E-state index is 12.5. The number of aliphatic imine (C=N–C) groups is 1.